The first-order valence-corrected chi connectivity index (χ1v) is 4.75. The quantitative estimate of drug-likeness (QED) is 0.636. The molecule has 1 aliphatic rings. The van der Waals surface area contributed by atoms with Crippen LogP contribution >= 0.6 is 0 Å². The lowest BCUT2D eigenvalue weighted by molar-refractivity contribution is -0.124. The van der Waals surface area contributed by atoms with Gasteiger partial charge < -0.3 is 15.4 Å². The largest absolute Gasteiger partial charge is 0.380 e. The number of amides is 1. The fourth-order valence-corrected chi connectivity index (χ4v) is 1.35. The summed E-state index contributed by atoms with van der Waals surface area (Å²) in [6.45, 7) is 4.31. The molecule has 1 rings (SSSR count). The second-order valence-electron chi connectivity index (χ2n) is 3.48. The van der Waals surface area contributed by atoms with Gasteiger partial charge in [0, 0.05) is 20.2 Å². The standard InChI is InChI=1S/C9H18N2O2/c1-7(13-2)5-11-9(12)8-3-4-10-6-8/h7-8,10H,3-6H2,1-2H3,(H,11,12). The summed E-state index contributed by atoms with van der Waals surface area (Å²) in [5, 5.41) is 6.03. The molecule has 0 aromatic carbocycles. The molecule has 1 saturated heterocycles. The van der Waals surface area contributed by atoms with Gasteiger partial charge in [-0.2, -0.15) is 0 Å². The van der Waals surface area contributed by atoms with E-state index in [1.807, 2.05) is 6.92 Å². The molecule has 0 radical (unpaired) electrons. The Bertz CT molecular complexity index is 167. The number of carbonyl (C=O) groups excluding carboxylic acids is 1. The molecule has 13 heavy (non-hydrogen) atoms. The maximum absolute atomic E-state index is 11.5. The van der Waals surface area contributed by atoms with Crippen molar-refractivity contribution in [2.45, 2.75) is 19.4 Å². The predicted molar refractivity (Wildman–Crippen MR) is 50.5 cm³/mol. The van der Waals surface area contributed by atoms with Gasteiger partial charge in [0.15, 0.2) is 0 Å². The fraction of sp³-hybridized carbons (Fsp3) is 0.889. The first kappa shape index (κ1) is 10.5. The Morgan fingerprint density at radius 3 is 3.08 bits per heavy atom. The summed E-state index contributed by atoms with van der Waals surface area (Å²) in [6.07, 6.45) is 1.05. The summed E-state index contributed by atoms with van der Waals surface area (Å²) in [7, 11) is 1.65. The highest BCUT2D eigenvalue weighted by molar-refractivity contribution is 5.79. The smallest absolute Gasteiger partial charge is 0.224 e. The average molecular weight is 186 g/mol. The van der Waals surface area contributed by atoms with E-state index in [-0.39, 0.29) is 17.9 Å². The van der Waals surface area contributed by atoms with Crippen LogP contribution in [-0.4, -0.2) is 38.8 Å². The normalized spacial score (nSPS) is 24.3. The minimum Gasteiger partial charge on any atom is -0.380 e. The van der Waals surface area contributed by atoms with Gasteiger partial charge in [-0.25, -0.2) is 0 Å². The van der Waals surface area contributed by atoms with E-state index in [1.165, 1.54) is 0 Å². The number of methoxy groups -OCH3 is 1. The first-order chi connectivity index (χ1) is 6.24. The van der Waals surface area contributed by atoms with Crippen molar-refractivity contribution in [2.75, 3.05) is 26.7 Å². The van der Waals surface area contributed by atoms with Crippen molar-refractivity contribution in [2.24, 2.45) is 5.92 Å². The van der Waals surface area contributed by atoms with Gasteiger partial charge in [0.25, 0.3) is 0 Å². The van der Waals surface area contributed by atoms with Crippen molar-refractivity contribution < 1.29 is 9.53 Å². The molecule has 4 heteroatoms. The van der Waals surface area contributed by atoms with Gasteiger partial charge in [-0.15, -0.1) is 0 Å². The average Bonchev–Trinajstić information content (AvgIpc) is 2.66. The minimum atomic E-state index is 0.0957. The fourth-order valence-electron chi connectivity index (χ4n) is 1.35. The van der Waals surface area contributed by atoms with E-state index in [1.54, 1.807) is 7.11 Å². The molecule has 0 spiro atoms. The van der Waals surface area contributed by atoms with Crippen LogP contribution in [0.5, 0.6) is 0 Å². The van der Waals surface area contributed by atoms with E-state index in [0.717, 1.165) is 19.5 Å². The van der Waals surface area contributed by atoms with Gasteiger partial charge in [-0.05, 0) is 19.9 Å². The zero-order valence-electron chi connectivity index (χ0n) is 8.30. The van der Waals surface area contributed by atoms with E-state index < -0.39 is 0 Å². The van der Waals surface area contributed by atoms with Crippen molar-refractivity contribution in [3.05, 3.63) is 0 Å². The molecule has 2 atom stereocenters. The highest BCUT2D eigenvalue weighted by Gasteiger charge is 2.22. The molecule has 4 nitrogen and oxygen atoms in total. The van der Waals surface area contributed by atoms with E-state index in [4.69, 9.17) is 4.74 Å². The molecular weight excluding hydrogens is 168 g/mol. The highest BCUT2D eigenvalue weighted by Crippen LogP contribution is 2.06. The van der Waals surface area contributed by atoms with E-state index in [9.17, 15) is 4.79 Å². The molecule has 1 heterocycles. The van der Waals surface area contributed by atoms with Crippen LogP contribution in [-0.2, 0) is 9.53 Å². The zero-order chi connectivity index (χ0) is 9.68. The van der Waals surface area contributed by atoms with Crippen molar-refractivity contribution in [1.29, 1.82) is 0 Å². The zero-order valence-corrected chi connectivity index (χ0v) is 8.30. The van der Waals surface area contributed by atoms with Crippen molar-refractivity contribution in [1.82, 2.24) is 10.6 Å². The van der Waals surface area contributed by atoms with Crippen LogP contribution in [0.4, 0.5) is 0 Å². The molecule has 0 aromatic heterocycles. The molecule has 0 saturated carbocycles. The Hall–Kier alpha value is -0.610. The molecule has 1 amide bonds. The van der Waals surface area contributed by atoms with Gasteiger partial charge in [0.2, 0.25) is 5.91 Å². The van der Waals surface area contributed by atoms with Crippen molar-refractivity contribution in [3.8, 4) is 0 Å². The lowest BCUT2D eigenvalue weighted by Gasteiger charge is -2.13. The predicted octanol–water partition coefficient (Wildman–Crippen LogP) is -0.253. The van der Waals surface area contributed by atoms with Crippen LogP contribution in [0.15, 0.2) is 0 Å². The highest BCUT2D eigenvalue weighted by atomic mass is 16.5. The molecule has 2 N–H and O–H groups in total. The van der Waals surface area contributed by atoms with Crippen LogP contribution in [0.2, 0.25) is 0 Å². The van der Waals surface area contributed by atoms with Crippen molar-refractivity contribution in [3.63, 3.8) is 0 Å². The van der Waals surface area contributed by atoms with Crippen LogP contribution in [0.1, 0.15) is 13.3 Å². The van der Waals surface area contributed by atoms with E-state index in [0.29, 0.717) is 6.54 Å². The van der Waals surface area contributed by atoms with Crippen LogP contribution in [0.25, 0.3) is 0 Å². The summed E-state index contributed by atoms with van der Waals surface area (Å²) in [5.41, 5.74) is 0. The summed E-state index contributed by atoms with van der Waals surface area (Å²) < 4.78 is 5.03. The summed E-state index contributed by atoms with van der Waals surface area (Å²) in [6, 6.07) is 0. The molecule has 2 unspecified atom stereocenters. The molecule has 0 aromatic rings. The Balaban J connectivity index is 2.16. The van der Waals surface area contributed by atoms with E-state index in [2.05, 4.69) is 10.6 Å². The van der Waals surface area contributed by atoms with Crippen LogP contribution in [0, 0.1) is 5.92 Å². The Labute approximate surface area is 79.0 Å². The Morgan fingerprint density at radius 1 is 1.77 bits per heavy atom. The van der Waals surface area contributed by atoms with Crippen LogP contribution < -0.4 is 10.6 Å². The number of ether oxygens (including phenoxy) is 1. The summed E-state index contributed by atoms with van der Waals surface area (Å²) in [4.78, 5) is 11.5. The third-order valence-corrected chi connectivity index (χ3v) is 2.40. The summed E-state index contributed by atoms with van der Waals surface area (Å²) >= 11 is 0. The van der Waals surface area contributed by atoms with Gasteiger partial charge in [-0.3, -0.25) is 4.79 Å². The van der Waals surface area contributed by atoms with Gasteiger partial charge >= 0.3 is 0 Å². The third-order valence-electron chi connectivity index (χ3n) is 2.40. The molecule has 0 bridgehead atoms. The first-order valence-electron chi connectivity index (χ1n) is 4.75. The monoisotopic (exact) mass is 186 g/mol. The molecule has 1 fully saturated rings. The number of nitrogens with one attached hydrogen (secondary N) is 2. The number of rotatable bonds is 4. The topological polar surface area (TPSA) is 50.4 Å². The molecule has 76 valence electrons. The van der Waals surface area contributed by atoms with Gasteiger partial charge in [0.05, 0.1) is 12.0 Å². The maximum atomic E-state index is 11.5. The third kappa shape index (κ3) is 3.32. The van der Waals surface area contributed by atoms with E-state index >= 15 is 0 Å². The number of hydrogen-bond donors (Lipinski definition) is 2. The minimum absolute atomic E-state index is 0.0957. The second-order valence-corrected chi connectivity index (χ2v) is 3.48. The van der Waals surface area contributed by atoms with Gasteiger partial charge in [0.1, 0.15) is 0 Å². The number of hydrogen-bond acceptors (Lipinski definition) is 3. The van der Waals surface area contributed by atoms with Crippen LogP contribution in [0.3, 0.4) is 0 Å². The Morgan fingerprint density at radius 2 is 2.54 bits per heavy atom. The molecular formula is C9H18N2O2. The SMILES string of the molecule is COC(C)CNC(=O)C1CCNC1. The van der Waals surface area contributed by atoms with Gasteiger partial charge in [-0.1, -0.05) is 0 Å². The van der Waals surface area contributed by atoms with Crippen molar-refractivity contribution >= 4 is 5.91 Å². The second kappa shape index (κ2) is 5.19. The Kier molecular flexibility index (Phi) is 4.18. The number of carbonyl (C=O) groups is 1. The summed E-state index contributed by atoms with van der Waals surface area (Å²) in [5.74, 6) is 0.304. The maximum Gasteiger partial charge on any atom is 0.224 e. The lowest BCUT2D eigenvalue weighted by atomic mass is 10.1. The molecule has 1 aliphatic heterocycles. The lowest BCUT2D eigenvalue weighted by Crippen LogP contribution is -2.36. The molecule has 0 aliphatic carbocycles.